The highest BCUT2D eigenvalue weighted by atomic mass is 79.9. The van der Waals surface area contributed by atoms with Gasteiger partial charge in [-0.25, -0.2) is 0 Å². The molecule has 1 N–H and O–H groups in total. The van der Waals surface area contributed by atoms with E-state index in [9.17, 15) is 9.59 Å². The lowest BCUT2D eigenvalue weighted by Crippen LogP contribution is -2.27. The van der Waals surface area contributed by atoms with Crippen LogP contribution in [0.5, 0.6) is 23.0 Å². The molecule has 9 heteroatoms. The minimum Gasteiger partial charge on any atom is -0.457 e. The first-order valence-electron chi connectivity index (χ1n) is 14.7. The second-order valence-electron chi connectivity index (χ2n) is 10.4. The van der Waals surface area contributed by atoms with E-state index < -0.39 is 5.97 Å². The fourth-order valence-corrected chi connectivity index (χ4v) is 6.11. The summed E-state index contributed by atoms with van der Waals surface area (Å²) in [4.78, 5) is 30.6. The number of para-hydroxylation sites is 2. The number of carbonyl (C=O) groups is 2. The number of nitrogens with zero attached hydrogens (tertiary/aromatic N) is 1. The second-order valence-corrected chi connectivity index (χ2v) is 12.1. The molecular formula is C37H32Br2N2O5. The van der Waals surface area contributed by atoms with Crippen LogP contribution in [0.1, 0.15) is 34.0 Å². The van der Waals surface area contributed by atoms with Gasteiger partial charge in [-0.3, -0.25) is 9.59 Å². The smallest absolute Gasteiger partial charge is 0.322 e. The molecule has 0 heterocycles. The third kappa shape index (κ3) is 9.78. The van der Waals surface area contributed by atoms with Gasteiger partial charge in [0, 0.05) is 28.0 Å². The van der Waals surface area contributed by atoms with Crippen LogP contribution in [-0.4, -0.2) is 23.5 Å². The number of nitrogens with one attached hydrogen (secondary N) is 1. The first-order valence-corrected chi connectivity index (χ1v) is 16.2. The lowest BCUT2D eigenvalue weighted by Gasteiger charge is -2.22. The Labute approximate surface area is 285 Å². The van der Waals surface area contributed by atoms with E-state index in [0.717, 1.165) is 33.9 Å². The van der Waals surface area contributed by atoms with Gasteiger partial charge in [0.05, 0.1) is 13.1 Å². The molecule has 0 aliphatic heterocycles. The van der Waals surface area contributed by atoms with Crippen molar-refractivity contribution in [2.24, 2.45) is 0 Å². The Morgan fingerprint density at radius 1 is 0.652 bits per heavy atom. The quantitative estimate of drug-likeness (QED) is 0.121. The number of carbonyl (C=O) groups excluding carboxylic acids is 2. The largest absolute Gasteiger partial charge is 0.457 e. The monoisotopic (exact) mass is 742 g/mol. The molecular weight excluding hydrogens is 712 g/mol. The number of ether oxygens (including phenoxy) is 2. The molecule has 0 saturated carbocycles. The lowest BCUT2D eigenvalue weighted by molar-refractivity contribution is -0.194. The van der Waals surface area contributed by atoms with E-state index in [2.05, 4.69) is 37.2 Å². The molecule has 0 aromatic heterocycles. The minimum absolute atomic E-state index is 0.191. The van der Waals surface area contributed by atoms with E-state index >= 15 is 0 Å². The number of hydroxylamine groups is 2. The molecule has 0 unspecified atom stereocenters. The third-order valence-corrected chi connectivity index (χ3v) is 8.25. The number of benzene rings is 5. The fraction of sp³-hybridized carbons (Fsp3) is 0.135. The van der Waals surface area contributed by atoms with Gasteiger partial charge in [-0.1, -0.05) is 92.5 Å². The Morgan fingerprint density at radius 2 is 1.22 bits per heavy atom. The lowest BCUT2D eigenvalue weighted by atomic mass is 10.1. The van der Waals surface area contributed by atoms with Crippen molar-refractivity contribution in [3.63, 3.8) is 0 Å². The Kier molecular flexibility index (Phi) is 11.6. The highest BCUT2D eigenvalue weighted by Crippen LogP contribution is 2.30. The van der Waals surface area contributed by atoms with E-state index in [4.69, 9.17) is 14.3 Å². The summed E-state index contributed by atoms with van der Waals surface area (Å²) in [6.45, 7) is 2.44. The zero-order valence-electron chi connectivity index (χ0n) is 25.1. The highest BCUT2D eigenvalue weighted by Gasteiger charge is 2.18. The van der Waals surface area contributed by atoms with Gasteiger partial charge in [0.2, 0.25) is 0 Å². The van der Waals surface area contributed by atoms with Crippen molar-refractivity contribution in [1.29, 1.82) is 0 Å². The van der Waals surface area contributed by atoms with Crippen LogP contribution in [-0.2, 0) is 29.1 Å². The number of hydrogen-bond donors (Lipinski definition) is 1. The topological polar surface area (TPSA) is 77.1 Å². The Hall–Kier alpha value is -4.44. The zero-order valence-corrected chi connectivity index (χ0v) is 28.3. The maximum Gasteiger partial charge on any atom is 0.322 e. The van der Waals surface area contributed by atoms with Crippen LogP contribution in [0.4, 0.5) is 0 Å². The normalized spacial score (nSPS) is 10.8. The first-order chi connectivity index (χ1) is 22.3. The molecule has 234 valence electrons. The summed E-state index contributed by atoms with van der Waals surface area (Å²) in [5, 5.41) is 4.57. The van der Waals surface area contributed by atoms with Crippen molar-refractivity contribution in [3.05, 3.63) is 153 Å². The summed E-state index contributed by atoms with van der Waals surface area (Å²) in [5.41, 5.74) is 3.31. The number of rotatable bonds is 13. The van der Waals surface area contributed by atoms with Crippen molar-refractivity contribution in [2.75, 3.05) is 6.54 Å². The second kappa shape index (κ2) is 16.2. The van der Waals surface area contributed by atoms with Gasteiger partial charge >= 0.3 is 5.97 Å². The summed E-state index contributed by atoms with van der Waals surface area (Å²) in [6.07, 6.45) is 0.673. The van der Waals surface area contributed by atoms with Crippen LogP contribution < -0.4 is 14.8 Å². The van der Waals surface area contributed by atoms with Gasteiger partial charge < -0.3 is 19.6 Å². The molecule has 0 radical (unpaired) electrons. The zero-order chi connectivity index (χ0) is 32.3. The first kappa shape index (κ1) is 32.9. The highest BCUT2D eigenvalue weighted by molar-refractivity contribution is 9.11. The summed E-state index contributed by atoms with van der Waals surface area (Å²) >= 11 is 7.24. The Balaban J connectivity index is 1.18. The molecule has 0 aliphatic carbocycles. The molecule has 0 saturated heterocycles. The van der Waals surface area contributed by atoms with Gasteiger partial charge in [-0.2, -0.15) is 0 Å². The van der Waals surface area contributed by atoms with Crippen LogP contribution >= 0.6 is 31.9 Å². The number of hydrogen-bond acceptors (Lipinski definition) is 6. The van der Waals surface area contributed by atoms with Crippen molar-refractivity contribution in [1.82, 2.24) is 10.4 Å². The van der Waals surface area contributed by atoms with Crippen molar-refractivity contribution < 1.29 is 23.9 Å². The van der Waals surface area contributed by atoms with Crippen LogP contribution in [0.3, 0.4) is 0 Å². The van der Waals surface area contributed by atoms with E-state index in [1.807, 2.05) is 109 Å². The van der Waals surface area contributed by atoms with Crippen LogP contribution in [0.2, 0.25) is 0 Å². The molecule has 5 aromatic rings. The van der Waals surface area contributed by atoms with Crippen molar-refractivity contribution in [2.45, 2.75) is 26.4 Å². The summed E-state index contributed by atoms with van der Waals surface area (Å²) in [5.74, 6) is 2.33. The molecule has 46 heavy (non-hydrogen) atoms. The van der Waals surface area contributed by atoms with Crippen LogP contribution in [0, 0.1) is 0 Å². The molecule has 0 fully saturated rings. The van der Waals surface area contributed by atoms with Crippen LogP contribution in [0.25, 0.3) is 0 Å². The van der Waals surface area contributed by atoms with E-state index in [1.54, 1.807) is 17.2 Å². The predicted molar refractivity (Wildman–Crippen MR) is 185 cm³/mol. The minimum atomic E-state index is -0.432. The molecule has 1 amide bonds. The van der Waals surface area contributed by atoms with Gasteiger partial charge in [-0.05, 0) is 83.8 Å². The average molecular weight is 744 g/mol. The van der Waals surface area contributed by atoms with Gasteiger partial charge in [-0.15, -0.1) is 5.06 Å². The molecule has 0 bridgehead atoms. The Bertz CT molecular complexity index is 1740. The SMILES string of the molecule is CC(=O)ON(Cc1cccc(Oc2ccccc2)c1)Cc1c(Br)cc(C(=O)NCCc2ccc(Oc3ccccc3)cc2)cc1Br. The van der Waals surface area contributed by atoms with Gasteiger partial charge in [0.25, 0.3) is 5.91 Å². The standard InChI is InChI=1S/C37H32Br2N2O5/c1-26(42)46-41(24-28-9-8-14-33(21-28)45-31-12-6-3-7-13-31)25-34-35(38)22-29(23-36(34)39)37(43)40-20-19-27-15-17-32(18-16-27)44-30-10-4-2-5-11-30/h2-18,21-23H,19-20,24-25H2,1H3,(H,40,43). The van der Waals surface area contributed by atoms with E-state index in [1.165, 1.54) is 6.92 Å². The number of amides is 1. The molecule has 0 aliphatic rings. The average Bonchev–Trinajstić information content (AvgIpc) is 3.04. The molecule has 0 atom stereocenters. The summed E-state index contributed by atoms with van der Waals surface area (Å²) in [7, 11) is 0. The molecule has 5 rings (SSSR count). The third-order valence-electron chi connectivity index (χ3n) is 6.83. The maximum absolute atomic E-state index is 13.0. The molecule has 0 spiro atoms. The van der Waals surface area contributed by atoms with Gasteiger partial charge in [0.15, 0.2) is 0 Å². The van der Waals surface area contributed by atoms with E-state index in [-0.39, 0.29) is 12.5 Å². The van der Waals surface area contributed by atoms with Crippen LogP contribution in [0.15, 0.2) is 130 Å². The molecule has 5 aromatic carbocycles. The summed E-state index contributed by atoms with van der Waals surface area (Å²) in [6, 6.07) is 38.1. The number of halogens is 2. The predicted octanol–water partition coefficient (Wildman–Crippen LogP) is 9.25. The summed E-state index contributed by atoms with van der Waals surface area (Å²) < 4.78 is 13.2. The van der Waals surface area contributed by atoms with Crippen molar-refractivity contribution >= 4 is 43.7 Å². The Morgan fingerprint density at radius 3 is 1.83 bits per heavy atom. The maximum atomic E-state index is 13.0. The molecule has 7 nitrogen and oxygen atoms in total. The van der Waals surface area contributed by atoms with E-state index in [0.29, 0.717) is 39.8 Å². The van der Waals surface area contributed by atoms with Crippen molar-refractivity contribution in [3.8, 4) is 23.0 Å². The fourth-order valence-electron chi connectivity index (χ4n) is 4.67. The van der Waals surface area contributed by atoms with Gasteiger partial charge in [0.1, 0.15) is 23.0 Å².